The number of esters is 2. The second-order valence-corrected chi connectivity index (χ2v) is 8.80. The summed E-state index contributed by atoms with van der Waals surface area (Å²) in [6, 6.07) is 5.77. The number of aliphatic hydroxyl groups excluding tert-OH is 3. The van der Waals surface area contributed by atoms with E-state index in [0.29, 0.717) is 11.1 Å². The molecule has 0 radical (unpaired) electrons. The molecule has 1 heterocycles. The van der Waals surface area contributed by atoms with E-state index >= 15 is 0 Å². The van der Waals surface area contributed by atoms with Crippen LogP contribution in [0, 0.1) is 0 Å². The summed E-state index contributed by atoms with van der Waals surface area (Å²) in [6.45, 7) is -0.562. The number of aliphatic hydroxyl groups is 3. The molecular formula is C28H32O14. The standard InChI is InChI=1S/C28H32O14/c1-36-16-9-14(10-17(37-2)23(16)31)5-7-21(29)40-13-20-25(33)26(34)27(35)28(41-20)42-22(30)8-6-15-11-18(38-3)24(32)19(12-15)39-4/h5-12,20,25-28,31-35H,13H2,1-4H3. The van der Waals surface area contributed by atoms with Crippen LogP contribution in [0.3, 0.4) is 0 Å². The van der Waals surface area contributed by atoms with Gasteiger partial charge in [-0.25, -0.2) is 9.59 Å². The minimum atomic E-state index is -1.81. The van der Waals surface area contributed by atoms with Crippen molar-refractivity contribution < 1.29 is 68.3 Å². The molecule has 1 fully saturated rings. The van der Waals surface area contributed by atoms with E-state index in [0.717, 1.165) is 12.2 Å². The van der Waals surface area contributed by atoms with E-state index in [1.807, 2.05) is 0 Å². The molecule has 14 nitrogen and oxygen atoms in total. The first-order valence-corrected chi connectivity index (χ1v) is 12.4. The van der Waals surface area contributed by atoms with Crippen LogP contribution in [0.5, 0.6) is 34.5 Å². The molecule has 228 valence electrons. The zero-order chi connectivity index (χ0) is 31.0. The molecule has 5 N–H and O–H groups in total. The van der Waals surface area contributed by atoms with Crippen LogP contribution in [-0.2, 0) is 23.8 Å². The SMILES string of the molecule is COc1cc(C=CC(=O)OCC2OC(OC(=O)C=Cc3cc(OC)c(O)c(OC)c3)C(O)C(O)C2O)cc(OC)c1O. The molecule has 0 bridgehead atoms. The maximum absolute atomic E-state index is 12.4. The fourth-order valence-corrected chi connectivity index (χ4v) is 3.87. The Morgan fingerprint density at radius 3 is 1.57 bits per heavy atom. The van der Waals surface area contributed by atoms with E-state index in [1.165, 1.54) is 64.9 Å². The van der Waals surface area contributed by atoms with Crippen LogP contribution in [0.2, 0.25) is 0 Å². The van der Waals surface area contributed by atoms with E-state index in [9.17, 15) is 35.1 Å². The van der Waals surface area contributed by atoms with Gasteiger partial charge in [0.2, 0.25) is 17.8 Å². The van der Waals surface area contributed by atoms with Crippen LogP contribution in [0.15, 0.2) is 36.4 Å². The third kappa shape index (κ3) is 7.61. The average molecular weight is 593 g/mol. The van der Waals surface area contributed by atoms with Gasteiger partial charge >= 0.3 is 11.9 Å². The summed E-state index contributed by atoms with van der Waals surface area (Å²) in [5, 5.41) is 50.8. The average Bonchev–Trinajstić information content (AvgIpc) is 2.99. The van der Waals surface area contributed by atoms with E-state index in [-0.39, 0.29) is 34.5 Å². The van der Waals surface area contributed by atoms with Gasteiger partial charge in [-0.2, -0.15) is 0 Å². The summed E-state index contributed by atoms with van der Waals surface area (Å²) in [5.74, 6) is -1.84. The third-order valence-corrected chi connectivity index (χ3v) is 6.12. The molecule has 5 atom stereocenters. The molecule has 0 saturated carbocycles. The van der Waals surface area contributed by atoms with Crippen LogP contribution in [0.1, 0.15) is 11.1 Å². The highest BCUT2D eigenvalue weighted by atomic mass is 16.7. The number of methoxy groups -OCH3 is 4. The monoisotopic (exact) mass is 592 g/mol. The Morgan fingerprint density at radius 2 is 1.14 bits per heavy atom. The number of benzene rings is 2. The van der Waals surface area contributed by atoms with Gasteiger partial charge in [-0.3, -0.25) is 0 Å². The molecule has 1 aliphatic rings. The number of hydrogen-bond acceptors (Lipinski definition) is 14. The highest BCUT2D eigenvalue weighted by Crippen LogP contribution is 2.38. The third-order valence-electron chi connectivity index (χ3n) is 6.12. The lowest BCUT2D eigenvalue weighted by Crippen LogP contribution is -2.59. The van der Waals surface area contributed by atoms with E-state index in [1.54, 1.807) is 0 Å². The molecule has 14 heteroatoms. The molecule has 2 aromatic rings. The van der Waals surface area contributed by atoms with Crippen LogP contribution in [-0.4, -0.2) is 103 Å². The number of carbonyl (C=O) groups excluding carboxylic acids is 2. The predicted octanol–water partition coefficient (Wildman–Crippen LogP) is 0.753. The Kier molecular flexibility index (Phi) is 11.0. The molecule has 0 aliphatic carbocycles. The fourth-order valence-electron chi connectivity index (χ4n) is 3.87. The van der Waals surface area contributed by atoms with Crippen molar-refractivity contribution in [2.24, 2.45) is 0 Å². The van der Waals surface area contributed by atoms with Crippen molar-refractivity contribution in [3.8, 4) is 34.5 Å². The molecule has 1 saturated heterocycles. The summed E-state index contributed by atoms with van der Waals surface area (Å²) in [4.78, 5) is 24.7. The molecule has 0 spiro atoms. The molecule has 5 unspecified atom stereocenters. The van der Waals surface area contributed by atoms with Crippen molar-refractivity contribution in [2.45, 2.75) is 30.7 Å². The van der Waals surface area contributed by atoms with Gasteiger partial charge in [0, 0.05) is 12.2 Å². The summed E-state index contributed by atoms with van der Waals surface area (Å²) in [5.41, 5.74) is 0.844. The molecule has 42 heavy (non-hydrogen) atoms. The second kappa shape index (κ2) is 14.4. The van der Waals surface area contributed by atoms with Crippen LogP contribution < -0.4 is 18.9 Å². The second-order valence-electron chi connectivity index (χ2n) is 8.80. The summed E-state index contributed by atoms with van der Waals surface area (Å²) in [6.07, 6.45) is -3.61. The normalized spacial score (nSPS) is 22.1. The minimum Gasteiger partial charge on any atom is -0.502 e. The highest BCUT2D eigenvalue weighted by molar-refractivity contribution is 5.88. The maximum Gasteiger partial charge on any atom is 0.333 e. The van der Waals surface area contributed by atoms with Crippen molar-refractivity contribution >= 4 is 24.1 Å². The Morgan fingerprint density at radius 1 is 0.714 bits per heavy atom. The lowest BCUT2D eigenvalue weighted by atomic mass is 9.99. The Labute approximate surface area is 240 Å². The largest absolute Gasteiger partial charge is 0.502 e. The molecule has 3 rings (SSSR count). The Balaban J connectivity index is 1.62. The van der Waals surface area contributed by atoms with Gasteiger partial charge in [0.25, 0.3) is 0 Å². The molecule has 0 aromatic heterocycles. The van der Waals surface area contributed by atoms with Gasteiger partial charge in [-0.1, -0.05) is 0 Å². The van der Waals surface area contributed by atoms with Crippen molar-refractivity contribution in [2.75, 3.05) is 35.0 Å². The minimum absolute atomic E-state index is 0.0975. The topological polar surface area (TPSA) is 200 Å². The van der Waals surface area contributed by atoms with Gasteiger partial charge < -0.3 is 58.7 Å². The number of aromatic hydroxyl groups is 2. The van der Waals surface area contributed by atoms with Gasteiger partial charge in [0.15, 0.2) is 23.0 Å². The van der Waals surface area contributed by atoms with Crippen LogP contribution in [0.4, 0.5) is 0 Å². The zero-order valence-corrected chi connectivity index (χ0v) is 23.1. The molecule has 1 aliphatic heterocycles. The zero-order valence-electron chi connectivity index (χ0n) is 23.1. The molecular weight excluding hydrogens is 560 g/mol. The van der Waals surface area contributed by atoms with Crippen molar-refractivity contribution in [3.63, 3.8) is 0 Å². The Hall–Kier alpha value is -4.50. The predicted molar refractivity (Wildman–Crippen MR) is 144 cm³/mol. The Bertz CT molecular complexity index is 1270. The van der Waals surface area contributed by atoms with Crippen LogP contribution >= 0.6 is 0 Å². The smallest absolute Gasteiger partial charge is 0.333 e. The molecule has 2 aromatic carbocycles. The fraction of sp³-hybridized carbons (Fsp3) is 0.357. The number of hydrogen-bond donors (Lipinski definition) is 5. The number of carbonyl (C=O) groups is 2. The van der Waals surface area contributed by atoms with Gasteiger partial charge in [0.1, 0.15) is 31.0 Å². The van der Waals surface area contributed by atoms with Crippen molar-refractivity contribution in [3.05, 3.63) is 47.5 Å². The van der Waals surface area contributed by atoms with Crippen molar-refractivity contribution in [1.82, 2.24) is 0 Å². The number of phenols is 2. The summed E-state index contributed by atoms with van der Waals surface area (Å²) in [7, 11) is 5.38. The summed E-state index contributed by atoms with van der Waals surface area (Å²) >= 11 is 0. The number of ether oxygens (including phenoxy) is 7. The van der Waals surface area contributed by atoms with Crippen molar-refractivity contribution in [1.29, 1.82) is 0 Å². The van der Waals surface area contributed by atoms with E-state index in [2.05, 4.69) is 0 Å². The van der Waals surface area contributed by atoms with Gasteiger partial charge in [-0.05, 0) is 47.5 Å². The van der Waals surface area contributed by atoms with Gasteiger partial charge in [0.05, 0.1) is 28.4 Å². The summed E-state index contributed by atoms with van der Waals surface area (Å²) < 4.78 is 35.8. The first-order valence-electron chi connectivity index (χ1n) is 12.4. The van der Waals surface area contributed by atoms with Gasteiger partial charge in [-0.15, -0.1) is 0 Å². The quantitative estimate of drug-likeness (QED) is 0.181. The highest BCUT2D eigenvalue weighted by Gasteiger charge is 2.45. The van der Waals surface area contributed by atoms with E-state index < -0.39 is 49.3 Å². The molecule has 0 amide bonds. The number of phenolic OH excluding ortho intramolecular Hbond substituents is 2. The maximum atomic E-state index is 12.4. The lowest BCUT2D eigenvalue weighted by molar-refractivity contribution is -0.291. The first-order chi connectivity index (χ1) is 20.0. The number of rotatable bonds is 11. The van der Waals surface area contributed by atoms with E-state index in [4.69, 9.17) is 33.2 Å². The first kappa shape index (κ1) is 32.0. The lowest BCUT2D eigenvalue weighted by Gasteiger charge is -2.39. The van der Waals surface area contributed by atoms with Crippen LogP contribution in [0.25, 0.3) is 12.2 Å².